The van der Waals surface area contributed by atoms with Crippen LogP contribution in [0.25, 0.3) is 0 Å². The third kappa shape index (κ3) is 7.73. The highest BCUT2D eigenvalue weighted by Gasteiger charge is 2.39. The van der Waals surface area contributed by atoms with Crippen LogP contribution in [0.4, 0.5) is 0 Å². The molecule has 0 radical (unpaired) electrons. The molecule has 0 atom stereocenters. The minimum Gasteiger partial charge on any atom is -0.481 e. The molecule has 4 nitrogen and oxygen atoms in total. The molecule has 1 aliphatic carbocycles. The predicted octanol–water partition coefficient (Wildman–Crippen LogP) is 5.77. The Bertz CT molecular complexity index is 697. The number of rotatable bonds is 12. The number of carboxylic acid groups (broad SMARTS) is 1. The van der Waals surface area contributed by atoms with Crippen LogP contribution in [-0.4, -0.2) is 24.3 Å². The molecule has 28 heavy (non-hydrogen) atoms. The normalized spacial score (nSPS) is 22.1. The lowest BCUT2D eigenvalue weighted by atomic mass is 9.59. The molecule has 0 unspecified atom stereocenters. The van der Waals surface area contributed by atoms with Crippen molar-refractivity contribution in [3.63, 3.8) is 0 Å². The fraction of sp³-hybridized carbons (Fsp3) is 0.458. The molecular weight excluding hydrogens is 352 g/mol. The minimum atomic E-state index is -0.808. The van der Waals surface area contributed by atoms with Crippen molar-refractivity contribution in [3.8, 4) is 5.75 Å². The Kier molecular flexibility index (Phi) is 8.52. The van der Waals surface area contributed by atoms with Crippen molar-refractivity contribution < 1.29 is 19.4 Å². The zero-order valence-electron chi connectivity index (χ0n) is 17.0. The van der Waals surface area contributed by atoms with E-state index in [2.05, 4.69) is 19.6 Å². The van der Waals surface area contributed by atoms with E-state index in [1.54, 1.807) is 0 Å². The summed E-state index contributed by atoms with van der Waals surface area (Å²) in [5.41, 5.74) is 1.51. The van der Waals surface area contributed by atoms with Crippen molar-refractivity contribution in [2.45, 2.75) is 46.0 Å². The van der Waals surface area contributed by atoms with Gasteiger partial charge < -0.3 is 14.6 Å². The Morgan fingerprint density at radius 3 is 2.68 bits per heavy atom. The number of allylic oxidation sites excluding steroid dienone is 5. The lowest BCUT2D eigenvalue weighted by Crippen LogP contribution is -2.35. The molecule has 4 heteroatoms. The Labute approximate surface area is 168 Å². The average Bonchev–Trinajstić information content (AvgIpc) is 2.62. The summed E-state index contributed by atoms with van der Waals surface area (Å²) in [6, 6.07) is 9.75. The molecule has 1 aliphatic rings. The maximum absolute atomic E-state index is 10.4. The van der Waals surface area contributed by atoms with Gasteiger partial charge in [-0.05, 0) is 62.1 Å². The van der Waals surface area contributed by atoms with Crippen LogP contribution in [-0.2, 0) is 9.53 Å². The second kappa shape index (κ2) is 10.9. The van der Waals surface area contributed by atoms with Gasteiger partial charge in [-0.2, -0.15) is 0 Å². The molecule has 1 aromatic carbocycles. The fourth-order valence-corrected chi connectivity index (χ4v) is 3.61. The van der Waals surface area contributed by atoms with Gasteiger partial charge in [0.15, 0.2) is 0 Å². The highest BCUT2D eigenvalue weighted by Crippen LogP contribution is 2.51. The van der Waals surface area contributed by atoms with Gasteiger partial charge in [-0.1, -0.05) is 49.4 Å². The third-order valence-corrected chi connectivity index (χ3v) is 5.20. The van der Waals surface area contributed by atoms with E-state index >= 15 is 0 Å². The lowest BCUT2D eigenvalue weighted by molar-refractivity contribution is -0.138. The van der Waals surface area contributed by atoms with E-state index in [-0.39, 0.29) is 6.42 Å². The topological polar surface area (TPSA) is 55.8 Å². The zero-order valence-corrected chi connectivity index (χ0v) is 17.0. The molecule has 1 saturated carbocycles. The molecule has 1 aromatic rings. The van der Waals surface area contributed by atoms with Crippen molar-refractivity contribution in [2.24, 2.45) is 11.3 Å². The van der Waals surface area contributed by atoms with Crippen LogP contribution in [0.1, 0.15) is 46.0 Å². The smallest absolute Gasteiger partial charge is 0.305 e. The number of ether oxygens (including phenoxy) is 2. The largest absolute Gasteiger partial charge is 0.481 e. The highest BCUT2D eigenvalue weighted by atomic mass is 16.5. The van der Waals surface area contributed by atoms with E-state index in [1.165, 1.54) is 5.57 Å². The lowest BCUT2D eigenvalue weighted by Gasteiger charge is -2.46. The minimum absolute atomic E-state index is 0.0792. The first kappa shape index (κ1) is 22.0. The van der Waals surface area contributed by atoms with Gasteiger partial charge in [0.1, 0.15) is 11.5 Å². The first-order chi connectivity index (χ1) is 13.4. The standard InChI is InChI=1S/C24H32O4/c1-19(9-7-10-20(2)28-22-11-5-4-6-12-22)21-17-24(3,18-21)14-8-15-27-16-13-23(25)26/h4-7,9-12,21H,1,8,13-18H2,2-3H3,(H,25,26)/b9-7-,20-10+/t21-,24+. The summed E-state index contributed by atoms with van der Waals surface area (Å²) in [5.74, 6) is 1.41. The van der Waals surface area contributed by atoms with Crippen LogP contribution in [0.3, 0.4) is 0 Å². The number of hydrogen-bond donors (Lipinski definition) is 1. The van der Waals surface area contributed by atoms with Gasteiger partial charge in [0.25, 0.3) is 0 Å². The van der Waals surface area contributed by atoms with Crippen LogP contribution in [0.15, 0.2) is 66.5 Å². The second-order valence-electron chi connectivity index (χ2n) is 7.90. The molecular formula is C24H32O4. The number of benzene rings is 1. The van der Waals surface area contributed by atoms with Crippen LogP contribution >= 0.6 is 0 Å². The summed E-state index contributed by atoms with van der Waals surface area (Å²) in [6.45, 7) is 9.42. The maximum atomic E-state index is 10.4. The van der Waals surface area contributed by atoms with Gasteiger partial charge in [-0.3, -0.25) is 4.79 Å². The fourth-order valence-electron chi connectivity index (χ4n) is 3.61. The number of para-hydroxylation sites is 1. The van der Waals surface area contributed by atoms with E-state index in [9.17, 15) is 4.79 Å². The molecule has 0 bridgehead atoms. The van der Waals surface area contributed by atoms with Crippen molar-refractivity contribution in [2.75, 3.05) is 13.2 Å². The molecule has 152 valence electrons. The van der Waals surface area contributed by atoms with Crippen LogP contribution in [0.5, 0.6) is 5.75 Å². The number of carbonyl (C=O) groups is 1. The summed E-state index contributed by atoms with van der Waals surface area (Å²) in [4.78, 5) is 10.4. The van der Waals surface area contributed by atoms with Crippen LogP contribution in [0.2, 0.25) is 0 Å². The summed E-state index contributed by atoms with van der Waals surface area (Å²) in [5, 5.41) is 8.58. The monoisotopic (exact) mass is 384 g/mol. The van der Waals surface area contributed by atoms with Crippen molar-refractivity contribution in [3.05, 3.63) is 66.5 Å². The van der Waals surface area contributed by atoms with Gasteiger partial charge in [0, 0.05) is 6.61 Å². The Morgan fingerprint density at radius 1 is 1.29 bits per heavy atom. The van der Waals surface area contributed by atoms with Gasteiger partial charge in [0.05, 0.1) is 13.0 Å². The third-order valence-electron chi connectivity index (χ3n) is 5.20. The molecule has 0 spiro atoms. The maximum Gasteiger partial charge on any atom is 0.305 e. The van der Waals surface area contributed by atoms with Crippen LogP contribution in [0, 0.1) is 11.3 Å². The molecule has 0 saturated heterocycles. The summed E-state index contributed by atoms with van der Waals surface area (Å²) < 4.78 is 11.1. The predicted molar refractivity (Wildman–Crippen MR) is 112 cm³/mol. The first-order valence-corrected chi connectivity index (χ1v) is 9.94. The number of carboxylic acids is 1. The van der Waals surface area contributed by atoms with E-state index < -0.39 is 5.97 Å². The molecule has 0 heterocycles. The summed E-state index contributed by atoms with van der Waals surface area (Å²) in [6.07, 6.45) is 10.5. The van der Waals surface area contributed by atoms with Gasteiger partial charge in [0.2, 0.25) is 0 Å². The van der Waals surface area contributed by atoms with Gasteiger partial charge in [-0.15, -0.1) is 0 Å². The average molecular weight is 385 g/mol. The van der Waals surface area contributed by atoms with Crippen molar-refractivity contribution >= 4 is 5.97 Å². The molecule has 0 aromatic heterocycles. The molecule has 0 aliphatic heterocycles. The van der Waals surface area contributed by atoms with Crippen molar-refractivity contribution in [1.29, 1.82) is 0 Å². The molecule has 1 N–H and O–H groups in total. The number of hydrogen-bond acceptors (Lipinski definition) is 3. The highest BCUT2D eigenvalue weighted by molar-refractivity contribution is 5.66. The van der Waals surface area contributed by atoms with Gasteiger partial charge >= 0.3 is 5.97 Å². The first-order valence-electron chi connectivity index (χ1n) is 9.94. The van der Waals surface area contributed by atoms with E-state index in [0.717, 1.165) is 37.2 Å². The van der Waals surface area contributed by atoms with E-state index in [1.807, 2.05) is 49.4 Å². The molecule has 1 fully saturated rings. The Hall–Kier alpha value is -2.33. The van der Waals surface area contributed by atoms with Gasteiger partial charge in [-0.25, -0.2) is 0 Å². The number of aliphatic carboxylic acids is 1. The van der Waals surface area contributed by atoms with E-state index in [0.29, 0.717) is 24.5 Å². The zero-order chi connectivity index (χ0) is 20.4. The Balaban J connectivity index is 1.64. The quantitative estimate of drug-likeness (QED) is 0.282. The second-order valence-corrected chi connectivity index (χ2v) is 7.90. The molecule has 0 amide bonds. The Morgan fingerprint density at radius 2 is 2.00 bits per heavy atom. The van der Waals surface area contributed by atoms with E-state index in [4.69, 9.17) is 14.6 Å². The summed E-state index contributed by atoms with van der Waals surface area (Å²) >= 11 is 0. The molecule has 2 rings (SSSR count). The SMILES string of the molecule is C=C(/C=C\C=C(/C)Oc1ccccc1)[C@H]1C[C@@](C)(CCCOCCC(=O)O)C1. The van der Waals surface area contributed by atoms with Crippen LogP contribution < -0.4 is 4.74 Å². The summed E-state index contributed by atoms with van der Waals surface area (Å²) in [7, 11) is 0. The van der Waals surface area contributed by atoms with Crippen molar-refractivity contribution in [1.82, 2.24) is 0 Å².